The van der Waals surface area contributed by atoms with Gasteiger partial charge in [0.15, 0.2) is 0 Å². The molecular formula is C7H10F2O3. The predicted octanol–water partition coefficient (Wildman–Crippen LogP) is 1.32. The zero-order chi connectivity index (χ0) is 9.78. The molecule has 0 atom stereocenters. The molecule has 0 amide bonds. The van der Waals surface area contributed by atoms with E-state index >= 15 is 0 Å². The minimum atomic E-state index is -2.55. The Hall–Kier alpha value is -1.00. The van der Waals surface area contributed by atoms with Crippen LogP contribution in [0, 0.1) is 5.92 Å². The van der Waals surface area contributed by atoms with Crippen molar-refractivity contribution in [2.45, 2.75) is 25.7 Å². The predicted molar refractivity (Wildman–Crippen MR) is 37.0 cm³/mol. The second kappa shape index (κ2) is 4.13. The van der Waals surface area contributed by atoms with Gasteiger partial charge in [-0.05, 0) is 6.92 Å². The van der Waals surface area contributed by atoms with E-state index < -0.39 is 5.92 Å². The molecular weight excluding hydrogens is 170 g/mol. The highest BCUT2D eigenvalue weighted by Crippen LogP contribution is 2.42. The third-order valence-corrected chi connectivity index (χ3v) is 1.66. The van der Waals surface area contributed by atoms with Crippen LogP contribution in [0.5, 0.6) is 0 Å². The molecule has 0 aromatic rings. The van der Waals surface area contributed by atoms with Gasteiger partial charge in [0.25, 0.3) is 6.47 Å². The van der Waals surface area contributed by atoms with Crippen LogP contribution in [0.4, 0.5) is 8.78 Å². The van der Waals surface area contributed by atoms with E-state index in [1.54, 1.807) is 0 Å². The van der Waals surface area contributed by atoms with Crippen LogP contribution in [-0.4, -0.2) is 23.3 Å². The second-order valence-electron chi connectivity index (χ2n) is 2.68. The molecule has 1 aliphatic rings. The first kappa shape index (κ1) is 11.0. The number of alkyl halides is 2. The Balaban J connectivity index is 0.000000354. The van der Waals surface area contributed by atoms with Crippen molar-refractivity contribution in [2.24, 2.45) is 5.92 Å². The van der Waals surface area contributed by atoms with Crippen LogP contribution >= 0.6 is 0 Å². The molecule has 0 radical (unpaired) electrons. The number of halogens is 2. The van der Waals surface area contributed by atoms with E-state index in [-0.39, 0.29) is 31.0 Å². The van der Waals surface area contributed by atoms with E-state index in [2.05, 4.69) is 0 Å². The smallest absolute Gasteiger partial charge is 0.290 e. The largest absolute Gasteiger partial charge is 0.483 e. The third-order valence-electron chi connectivity index (χ3n) is 1.66. The van der Waals surface area contributed by atoms with Gasteiger partial charge >= 0.3 is 0 Å². The summed E-state index contributed by atoms with van der Waals surface area (Å²) >= 11 is 0. The van der Waals surface area contributed by atoms with Gasteiger partial charge in [-0.15, -0.1) is 0 Å². The van der Waals surface area contributed by atoms with Crippen molar-refractivity contribution in [1.82, 2.24) is 0 Å². The lowest BCUT2D eigenvalue weighted by atomic mass is 9.79. The zero-order valence-electron chi connectivity index (χ0n) is 6.59. The van der Waals surface area contributed by atoms with Crippen molar-refractivity contribution in [2.75, 3.05) is 0 Å². The summed E-state index contributed by atoms with van der Waals surface area (Å²) in [7, 11) is 0. The molecule has 70 valence electrons. The van der Waals surface area contributed by atoms with E-state index in [0.717, 1.165) is 0 Å². The van der Waals surface area contributed by atoms with Crippen molar-refractivity contribution in [1.29, 1.82) is 0 Å². The number of hydrogen-bond acceptors (Lipinski definition) is 2. The molecule has 12 heavy (non-hydrogen) atoms. The molecule has 0 heterocycles. The maximum absolute atomic E-state index is 12.0. The first-order valence-corrected chi connectivity index (χ1v) is 3.39. The van der Waals surface area contributed by atoms with Gasteiger partial charge in [-0.3, -0.25) is 9.59 Å². The fourth-order valence-electron chi connectivity index (χ4n) is 0.949. The average Bonchev–Trinajstić information content (AvgIpc) is 1.84. The molecule has 0 aromatic heterocycles. The molecule has 1 rings (SSSR count). The molecule has 0 aromatic carbocycles. The van der Waals surface area contributed by atoms with Gasteiger partial charge in [0.1, 0.15) is 5.78 Å². The first-order valence-electron chi connectivity index (χ1n) is 3.39. The number of carboxylic acid groups (broad SMARTS) is 1. The molecule has 5 heteroatoms. The Morgan fingerprint density at radius 3 is 2.00 bits per heavy atom. The van der Waals surface area contributed by atoms with Gasteiger partial charge in [-0.1, -0.05) is 0 Å². The maximum atomic E-state index is 12.0. The fourth-order valence-corrected chi connectivity index (χ4v) is 0.949. The normalized spacial score (nSPS) is 19.9. The molecule has 0 aliphatic heterocycles. The minimum absolute atomic E-state index is 0.110. The molecule has 1 fully saturated rings. The van der Waals surface area contributed by atoms with Crippen LogP contribution in [0.1, 0.15) is 19.8 Å². The lowest BCUT2D eigenvalue weighted by Gasteiger charge is -2.32. The van der Waals surface area contributed by atoms with Crippen LogP contribution in [0.25, 0.3) is 0 Å². The standard InChI is InChI=1S/C6H8F2O.CH2O2/c1-4(9)5-2-6(7,8)3-5;2-1-3/h5H,2-3H2,1H3;1H,(H,2,3). The molecule has 3 nitrogen and oxygen atoms in total. The monoisotopic (exact) mass is 180 g/mol. The van der Waals surface area contributed by atoms with Gasteiger partial charge in [0.2, 0.25) is 5.92 Å². The van der Waals surface area contributed by atoms with E-state index in [1.165, 1.54) is 6.92 Å². The Kier molecular flexibility index (Phi) is 3.79. The van der Waals surface area contributed by atoms with E-state index in [0.29, 0.717) is 0 Å². The van der Waals surface area contributed by atoms with Crippen LogP contribution < -0.4 is 0 Å². The summed E-state index contributed by atoms with van der Waals surface area (Å²) in [5.41, 5.74) is 0. The van der Waals surface area contributed by atoms with Crippen molar-refractivity contribution in [3.63, 3.8) is 0 Å². The van der Waals surface area contributed by atoms with Crippen molar-refractivity contribution in [3.05, 3.63) is 0 Å². The van der Waals surface area contributed by atoms with E-state index in [1.807, 2.05) is 0 Å². The number of carbonyl (C=O) groups is 2. The number of hydrogen-bond donors (Lipinski definition) is 1. The topological polar surface area (TPSA) is 54.4 Å². The number of rotatable bonds is 1. The molecule has 0 unspecified atom stereocenters. The van der Waals surface area contributed by atoms with Gasteiger partial charge in [-0.2, -0.15) is 0 Å². The summed E-state index contributed by atoms with van der Waals surface area (Å²) in [6, 6.07) is 0. The van der Waals surface area contributed by atoms with Crippen LogP contribution in [-0.2, 0) is 9.59 Å². The third kappa shape index (κ3) is 3.41. The Morgan fingerprint density at radius 1 is 1.58 bits per heavy atom. The maximum Gasteiger partial charge on any atom is 0.290 e. The Labute approximate surface area is 68.4 Å². The summed E-state index contributed by atoms with van der Waals surface area (Å²) in [5.74, 6) is -3.02. The van der Waals surface area contributed by atoms with Gasteiger partial charge in [0, 0.05) is 18.8 Å². The van der Waals surface area contributed by atoms with Crippen LogP contribution in [0.3, 0.4) is 0 Å². The number of ketones is 1. The first-order chi connectivity index (χ1) is 5.43. The molecule has 0 saturated heterocycles. The average molecular weight is 180 g/mol. The summed E-state index contributed by atoms with van der Waals surface area (Å²) in [6.45, 7) is 1.11. The molecule has 0 spiro atoms. The minimum Gasteiger partial charge on any atom is -0.483 e. The molecule has 1 saturated carbocycles. The van der Waals surface area contributed by atoms with Crippen molar-refractivity contribution in [3.8, 4) is 0 Å². The summed E-state index contributed by atoms with van der Waals surface area (Å²) < 4.78 is 24.0. The lowest BCUT2D eigenvalue weighted by Crippen LogP contribution is -2.38. The van der Waals surface area contributed by atoms with Crippen LogP contribution in [0.15, 0.2) is 0 Å². The fraction of sp³-hybridized carbons (Fsp3) is 0.714. The second-order valence-corrected chi connectivity index (χ2v) is 2.68. The van der Waals surface area contributed by atoms with Crippen molar-refractivity contribution >= 4 is 12.3 Å². The highest BCUT2D eigenvalue weighted by molar-refractivity contribution is 5.79. The summed E-state index contributed by atoms with van der Waals surface area (Å²) in [6.07, 6.45) is -0.468. The number of Topliss-reactive ketones (excluding diaryl/α,β-unsaturated/α-hetero) is 1. The molecule has 1 N–H and O–H groups in total. The zero-order valence-corrected chi connectivity index (χ0v) is 6.59. The number of carbonyl (C=O) groups excluding carboxylic acids is 1. The quantitative estimate of drug-likeness (QED) is 0.619. The van der Waals surface area contributed by atoms with Gasteiger partial charge in [0.05, 0.1) is 0 Å². The van der Waals surface area contributed by atoms with Gasteiger partial charge in [-0.25, -0.2) is 8.78 Å². The van der Waals surface area contributed by atoms with Crippen LogP contribution in [0.2, 0.25) is 0 Å². The molecule has 0 bridgehead atoms. The summed E-state index contributed by atoms with van der Waals surface area (Å²) in [5, 5.41) is 6.89. The van der Waals surface area contributed by atoms with E-state index in [9.17, 15) is 13.6 Å². The Bertz CT molecular complexity index is 171. The van der Waals surface area contributed by atoms with E-state index in [4.69, 9.17) is 9.90 Å². The molecule has 1 aliphatic carbocycles. The highest BCUT2D eigenvalue weighted by Gasteiger charge is 2.47. The highest BCUT2D eigenvalue weighted by atomic mass is 19.3. The SMILES string of the molecule is CC(=O)C1CC(F)(F)C1.O=CO. The lowest BCUT2D eigenvalue weighted by molar-refractivity contribution is -0.146. The Morgan fingerprint density at radius 2 is 1.92 bits per heavy atom. The summed E-state index contributed by atoms with van der Waals surface area (Å²) in [4.78, 5) is 18.7. The van der Waals surface area contributed by atoms with Crippen molar-refractivity contribution < 1.29 is 23.5 Å². The van der Waals surface area contributed by atoms with Gasteiger partial charge < -0.3 is 5.11 Å².